The van der Waals surface area contributed by atoms with Crippen LogP contribution in [0.25, 0.3) is 0 Å². The van der Waals surface area contributed by atoms with E-state index in [9.17, 15) is 4.79 Å². The smallest absolute Gasteiger partial charge is 0.317 e. The standard InChI is InChI=1S/C19H32N4O2/c1-21-12-13-22(2)17(15-21)14-20-19(24)23(3)11-5-6-16-7-9-18(25-4)10-8-16/h7-10,17H,5-6,11-15H2,1-4H3,(H,20,24). The Kier molecular flexibility index (Phi) is 7.52. The minimum atomic E-state index is 0.0105. The van der Waals surface area contributed by atoms with E-state index in [0.717, 1.165) is 44.8 Å². The second-order valence-corrected chi connectivity index (χ2v) is 6.96. The van der Waals surface area contributed by atoms with Crippen LogP contribution in [0.5, 0.6) is 5.75 Å². The first-order valence-corrected chi connectivity index (χ1v) is 9.00. The van der Waals surface area contributed by atoms with Gasteiger partial charge in [-0.2, -0.15) is 0 Å². The molecule has 6 nitrogen and oxygen atoms in total. The lowest BCUT2D eigenvalue weighted by Crippen LogP contribution is -2.55. The van der Waals surface area contributed by atoms with Crippen molar-refractivity contribution in [3.8, 4) is 5.75 Å². The van der Waals surface area contributed by atoms with E-state index < -0.39 is 0 Å². The van der Waals surface area contributed by atoms with Crippen molar-refractivity contribution >= 4 is 6.03 Å². The van der Waals surface area contributed by atoms with Gasteiger partial charge in [0.05, 0.1) is 7.11 Å². The van der Waals surface area contributed by atoms with Crippen LogP contribution in [-0.4, -0.2) is 87.7 Å². The first-order valence-electron chi connectivity index (χ1n) is 9.00. The first-order chi connectivity index (χ1) is 12.0. The fraction of sp³-hybridized carbons (Fsp3) is 0.632. The molecule has 1 atom stereocenters. The zero-order chi connectivity index (χ0) is 18.2. The number of piperazine rings is 1. The molecule has 140 valence electrons. The Morgan fingerprint density at radius 2 is 2.00 bits per heavy atom. The number of carbonyl (C=O) groups excluding carboxylic acids is 1. The SMILES string of the molecule is COc1ccc(CCCN(C)C(=O)NCC2CN(C)CCN2C)cc1. The number of ether oxygens (including phenoxy) is 1. The molecule has 1 aromatic carbocycles. The van der Waals surface area contributed by atoms with Crippen molar-refractivity contribution in [1.29, 1.82) is 0 Å². The summed E-state index contributed by atoms with van der Waals surface area (Å²) in [5.74, 6) is 0.874. The molecule has 1 aliphatic rings. The molecule has 2 amide bonds. The van der Waals surface area contributed by atoms with E-state index in [-0.39, 0.29) is 6.03 Å². The molecule has 0 spiro atoms. The monoisotopic (exact) mass is 348 g/mol. The number of amides is 2. The molecule has 1 fully saturated rings. The second-order valence-electron chi connectivity index (χ2n) is 6.96. The van der Waals surface area contributed by atoms with Gasteiger partial charge in [0.15, 0.2) is 0 Å². The number of carbonyl (C=O) groups is 1. The summed E-state index contributed by atoms with van der Waals surface area (Å²) in [5, 5.41) is 3.07. The number of nitrogens with zero attached hydrogens (tertiary/aromatic N) is 3. The van der Waals surface area contributed by atoms with Crippen LogP contribution in [-0.2, 0) is 6.42 Å². The number of hydrogen-bond acceptors (Lipinski definition) is 4. The van der Waals surface area contributed by atoms with Crippen LogP contribution in [0.2, 0.25) is 0 Å². The van der Waals surface area contributed by atoms with E-state index in [1.165, 1.54) is 5.56 Å². The van der Waals surface area contributed by atoms with Crippen molar-refractivity contribution in [1.82, 2.24) is 20.0 Å². The van der Waals surface area contributed by atoms with Crippen molar-refractivity contribution in [2.24, 2.45) is 0 Å². The molecular formula is C19H32N4O2. The van der Waals surface area contributed by atoms with Crippen LogP contribution in [0, 0.1) is 0 Å². The lowest BCUT2D eigenvalue weighted by Gasteiger charge is -2.37. The molecule has 0 aliphatic carbocycles. The molecule has 25 heavy (non-hydrogen) atoms. The molecule has 0 saturated carbocycles. The number of aryl methyl sites for hydroxylation is 1. The summed E-state index contributed by atoms with van der Waals surface area (Å²) in [7, 11) is 7.79. The highest BCUT2D eigenvalue weighted by molar-refractivity contribution is 5.73. The summed E-state index contributed by atoms with van der Waals surface area (Å²) in [6.07, 6.45) is 1.90. The Morgan fingerprint density at radius 3 is 2.68 bits per heavy atom. The van der Waals surface area contributed by atoms with Gasteiger partial charge in [0, 0.05) is 45.8 Å². The van der Waals surface area contributed by atoms with Gasteiger partial charge in [0.2, 0.25) is 0 Å². The van der Waals surface area contributed by atoms with Crippen molar-refractivity contribution in [2.45, 2.75) is 18.9 Å². The van der Waals surface area contributed by atoms with Crippen molar-refractivity contribution in [2.75, 3.05) is 61.0 Å². The summed E-state index contributed by atoms with van der Waals surface area (Å²) >= 11 is 0. The van der Waals surface area contributed by atoms with E-state index >= 15 is 0 Å². The number of urea groups is 1. The second kappa shape index (κ2) is 9.63. The first kappa shape index (κ1) is 19.5. The van der Waals surface area contributed by atoms with Crippen molar-refractivity contribution in [3.05, 3.63) is 29.8 Å². The van der Waals surface area contributed by atoms with Crippen molar-refractivity contribution in [3.63, 3.8) is 0 Å². The molecule has 1 aromatic rings. The molecule has 1 heterocycles. The van der Waals surface area contributed by atoms with Gasteiger partial charge in [0.1, 0.15) is 5.75 Å². The highest BCUT2D eigenvalue weighted by Crippen LogP contribution is 2.12. The van der Waals surface area contributed by atoms with Gasteiger partial charge in [-0.25, -0.2) is 4.79 Å². The van der Waals surface area contributed by atoms with Crippen LogP contribution in [0.4, 0.5) is 4.79 Å². The Bertz CT molecular complexity index is 535. The lowest BCUT2D eigenvalue weighted by molar-refractivity contribution is 0.113. The third kappa shape index (κ3) is 6.21. The minimum absolute atomic E-state index is 0.0105. The Balaban J connectivity index is 1.67. The van der Waals surface area contributed by atoms with E-state index in [2.05, 4.69) is 41.3 Å². The molecule has 1 saturated heterocycles. The third-order valence-electron chi connectivity index (χ3n) is 4.93. The molecule has 0 bridgehead atoms. The van der Waals surface area contributed by atoms with Crippen molar-refractivity contribution < 1.29 is 9.53 Å². The zero-order valence-electron chi connectivity index (χ0n) is 16.0. The lowest BCUT2D eigenvalue weighted by atomic mass is 10.1. The summed E-state index contributed by atoms with van der Waals surface area (Å²) in [4.78, 5) is 18.7. The van der Waals surface area contributed by atoms with Gasteiger partial charge in [0.25, 0.3) is 0 Å². The maximum Gasteiger partial charge on any atom is 0.317 e. The number of methoxy groups -OCH3 is 1. The van der Waals surface area contributed by atoms with Gasteiger partial charge < -0.3 is 19.9 Å². The van der Waals surface area contributed by atoms with Gasteiger partial charge in [-0.3, -0.25) is 4.90 Å². The van der Waals surface area contributed by atoms with E-state index in [1.807, 2.05) is 19.2 Å². The molecule has 6 heteroatoms. The highest BCUT2D eigenvalue weighted by atomic mass is 16.5. The van der Waals surface area contributed by atoms with Gasteiger partial charge in [-0.1, -0.05) is 12.1 Å². The minimum Gasteiger partial charge on any atom is -0.497 e. The zero-order valence-corrected chi connectivity index (χ0v) is 16.0. The number of likely N-dealkylation sites (N-methyl/N-ethyl adjacent to an activating group) is 2. The molecule has 1 N–H and O–H groups in total. The average Bonchev–Trinajstić information content (AvgIpc) is 2.62. The Labute approximate surface area is 151 Å². The van der Waals surface area contributed by atoms with E-state index in [4.69, 9.17) is 4.74 Å². The predicted octanol–water partition coefficient (Wildman–Crippen LogP) is 1.52. The molecule has 0 aromatic heterocycles. The topological polar surface area (TPSA) is 48.1 Å². The third-order valence-corrected chi connectivity index (χ3v) is 4.93. The molecule has 1 unspecified atom stereocenters. The van der Waals surface area contributed by atoms with Crippen LogP contribution < -0.4 is 10.1 Å². The van der Waals surface area contributed by atoms with E-state index in [0.29, 0.717) is 12.6 Å². The quantitative estimate of drug-likeness (QED) is 0.812. The van der Waals surface area contributed by atoms with Gasteiger partial charge in [-0.15, -0.1) is 0 Å². The van der Waals surface area contributed by atoms with Crippen LogP contribution >= 0.6 is 0 Å². The van der Waals surface area contributed by atoms with Crippen LogP contribution in [0.15, 0.2) is 24.3 Å². The molecular weight excluding hydrogens is 316 g/mol. The Hall–Kier alpha value is -1.79. The van der Waals surface area contributed by atoms with E-state index in [1.54, 1.807) is 12.0 Å². The molecule has 2 rings (SSSR count). The Morgan fingerprint density at radius 1 is 1.28 bits per heavy atom. The number of rotatable bonds is 7. The maximum atomic E-state index is 12.3. The fourth-order valence-corrected chi connectivity index (χ4v) is 3.08. The van der Waals surface area contributed by atoms with Gasteiger partial charge in [-0.05, 0) is 44.6 Å². The summed E-state index contributed by atoms with van der Waals surface area (Å²) in [6, 6.07) is 8.50. The summed E-state index contributed by atoms with van der Waals surface area (Å²) in [5.41, 5.74) is 1.27. The fourth-order valence-electron chi connectivity index (χ4n) is 3.08. The highest BCUT2D eigenvalue weighted by Gasteiger charge is 2.22. The van der Waals surface area contributed by atoms with Crippen LogP contribution in [0.3, 0.4) is 0 Å². The van der Waals surface area contributed by atoms with Crippen LogP contribution in [0.1, 0.15) is 12.0 Å². The number of nitrogens with one attached hydrogen (secondary N) is 1. The van der Waals surface area contributed by atoms with Gasteiger partial charge >= 0.3 is 6.03 Å². The number of benzene rings is 1. The summed E-state index contributed by atoms with van der Waals surface area (Å²) in [6.45, 7) is 4.58. The molecule has 0 radical (unpaired) electrons. The largest absolute Gasteiger partial charge is 0.497 e. The summed E-state index contributed by atoms with van der Waals surface area (Å²) < 4.78 is 5.17. The maximum absolute atomic E-state index is 12.3. The number of hydrogen-bond donors (Lipinski definition) is 1. The normalized spacial score (nSPS) is 18.8. The predicted molar refractivity (Wildman–Crippen MR) is 101 cm³/mol. The molecule has 1 aliphatic heterocycles. The average molecular weight is 348 g/mol.